The molecule has 1 saturated heterocycles. The summed E-state index contributed by atoms with van der Waals surface area (Å²) in [4.78, 5) is 16.6. The monoisotopic (exact) mass is 283 g/mol. The second kappa shape index (κ2) is 9.35. The molecule has 1 aliphatic rings. The Morgan fingerprint density at radius 2 is 2.05 bits per heavy atom. The maximum atomic E-state index is 12.1. The quantitative estimate of drug-likeness (QED) is 0.693. The van der Waals surface area contributed by atoms with Gasteiger partial charge in [0.15, 0.2) is 0 Å². The van der Waals surface area contributed by atoms with E-state index in [2.05, 4.69) is 17.1 Å². The van der Waals surface area contributed by atoms with Crippen molar-refractivity contribution in [2.45, 2.75) is 65.5 Å². The van der Waals surface area contributed by atoms with E-state index >= 15 is 0 Å². The molecule has 4 heteroatoms. The minimum Gasteiger partial charge on any atom is -0.342 e. The van der Waals surface area contributed by atoms with E-state index in [0.29, 0.717) is 0 Å². The fourth-order valence-electron chi connectivity index (χ4n) is 2.99. The Morgan fingerprint density at radius 3 is 2.65 bits per heavy atom. The number of carbonyl (C=O) groups excluding carboxylic acids is 1. The van der Waals surface area contributed by atoms with Gasteiger partial charge in [0.2, 0.25) is 5.91 Å². The summed E-state index contributed by atoms with van der Waals surface area (Å²) in [6.07, 6.45) is 5.18. The van der Waals surface area contributed by atoms with Crippen LogP contribution < -0.4 is 5.32 Å². The molecule has 2 atom stereocenters. The van der Waals surface area contributed by atoms with E-state index in [9.17, 15) is 4.79 Å². The van der Waals surface area contributed by atoms with E-state index in [1.807, 2.05) is 25.7 Å². The molecule has 118 valence electrons. The molecule has 1 heterocycles. The number of hydrogen-bond acceptors (Lipinski definition) is 3. The standard InChI is InChI=1S/C16H33N3O/c1-5-18(6-2)16(20)15(4)17-11-9-13-19-12-8-7-10-14(19)3/h14-15,17H,5-13H2,1-4H3. The maximum absolute atomic E-state index is 12.1. The lowest BCUT2D eigenvalue weighted by molar-refractivity contribution is -0.132. The van der Waals surface area contributed by atoms with Gasteiger partial charge in [-0.2, -0.15) is 0 Å². The van der Waals surface area contributed by atoms with Gasteiger partial charge in [0, 0.05) is 19.1 Å². The van der Waals surface area contributed by atoms with Crippen LogP contribution in [0.25, 0.3) is 0 Å². The van der Waals surface area contributed by atoms with Crippen LogP contribution >= 0.6 is 0 Å². The summed E-state index contributed by atoms with van der Waals surface area (Å²) >= 11 is 0. The summed E-state index contributed by atoms with van der Waals surface area (Å²) in [7, 11) is 0. The van der Waals surface area contributed by atoms with Crippen LogP contribution in [0.3, 0.4) is 0 Å². The summed E-state index contributed by atoms with van der Waals surface area (Å²) in [6.45, 7) is 13.3. The third-order valence-electron chi connectivity index (χ3n) is 4.46. The molecule has 4 nitrogen and oxygen atoms in total. The molecule has 1 rings (SSSR count). The molecule has 1 N–H and O–H groups in total. The van der Waals surface area contributed by atoms with Crippen LogP contribution in [0.4, 0.5) is 0 Å². The molecule has 0 aromatic carbocycles. The number of likely N-dealkylation sites (tertiary alicyclic amines) is 1. The van der Waals surface area contributed by atoms with Gasteiger partial charge in [0.1, 0.15) is 0 Å². The minimum atomic E-state index is -0.0614. The zero-order chi connectivity index (χ0) is 15.0. The van der Waals surface area contributed by atoms with Crippen molar-refractivity contribution in [3.8, 4) is 0 Å². The third kappa shape index (κ3) is 5.41. The van der Waals surface area contributed by atoms with Crippen LogP contribution in [0.1, 0.15) is 53.4 Å². The number of nitrogens with one attached hydrogen (secondary N) is 1. The summed E-state index contributed by atoms with van der Waals surface area (Å²) < 4.78 is 0. The average molecular weight is 283 g/mol. The van der Waals surface area contributed by atoms with Gasteiger partial charge in [-0.15, -0.1) is 0 Å². The van der Waals surface area contributed by atoms with Crippen LogP contribution in [0.2, 0.25) is 0 Å². The molecule has 0 bridgehead atoms. The van der Waals surface area contributed by atoms with E-state index in [1.165, 1.54) is 25.8 Å². The van der Waals surface area contributed by atoms with Crippen molar-refractivity contribution in [1.29, 1.82) is 0 Å². The molecule has 0 aromatic heterocycles. The molecule has 0 radical (unpaired) electrons. The molecule has 0 aromatic rings. The molecule has 20 heavy (non-hydrogen) atoms. The molecule has 0 spiro atoms. The zero-order valence-corrected chi connectivity index (χ0v) is 13.8. The summed E-state index contributed by atoms with van der Waals surface area (Å²) in [5, 5.41) is 3.37. The molecule has 1 fully saturated rings. The number of piperidine rings is 1. The minimum absolute atomic E-state index is 0.0614. The topological polar surface area (TPSA) is 35.6 Å². The smallest absolute Gasteiger partial charge is 0.239 e. The molecular weight excluding hydrogens is 250 g/mol. The van der Waals surface area contributed by atoms with Gasteiger partial charge in [0.25, 0.3) is 0 Å². The summed E-state index contributed by atoms with van der Waals surface area (Å²) in [5.41, 5.74) is 0. The van der Waals surface area contributed by atoms with Crippen molar-refractivity contribution in [1.82, 2.24) is 15.1 Å². The highest BCUT2D eigenvalue weighted by molar-refractivity contribution is 5.81. The molecule has 0 aliphatic carbocycles. The van der Waals surface area contributed by atoms with Crippen LogP contribution in [0, 0.1) is 0 Å². The fraction of sp³-hybridized carbons (Fsp3) is 0.938. The number of nitrogens with zero attached hydrogens (tertiary/aromatic N) is 2. The molecule has 0 saturated carbocycles. The highest BCUT2D eigenvalue weighted by Gasteiger charge is 2.19. The Hall–Kier alpha value is -0.610. The zero-order valence-electron chi connectivity index (χ0n) is 13.8. The highest BCUT2D eigenvalue weighted by Crippen LogP contribution is 2.16. The van der Waals surface area contributed by atoms with E-state index in [4.69, 9.17) is 0 Å². The lowest BCUT2D eigenvalue weighted by atomic mass is 10.0. The second-order valence-corrected chi connectivity index (χ2v) is 5.92. The normalized spacial score (nSPS) is 21.7. The van der Waals surface area contributed by atoms with Gasteiger partial charge in [-0.05, 0) is 66.6 Å². The van der Waals surface area contributed by atoms with Crippen molar-refractivity contribution in [3.63, 3.8) is 0 Å². The van der Waals surface area contributed by atoms with E-state index in [1.54, 1.807) is 0 Å². The predicted molar refractivity (Wildman–Crippen MR) is 84.9 cm³/mol. The van der Waals surface area contributed by atoms with Crippen molar-refractivity contribution >= 4 is 5.91 Å². The lowest BCUT2D eigenvalue weighted by Crippen LogP contribution is -2.45. The van der Waals surface area contributed by atoms with Crippen molar-refractivity contribution in [3.05, 3.63) is 0 Å². The van der Waals surface area contributed by atoms with Gasteiger partial charge in [-0.25, -0.2) is 0 Å². The lowest BCUT2D eigenvalue weighted by Gasteiger charge is -2.33. The fourth-order valence-corrected chi connectivity index (χ4v) is 2.99. The van der Waals surface area contributed by atoms with E-state index in [-0.39, 0.29) is 11.9 Å². The summed E-state index contributed by atoms with van der Waals surface area (Å²) in [5.74, 6) is 0.223. The van der Waals surface area contributed by atoms with Crippen molar-refractivity contribution in [2.75, 3.05) is 32.7 Å². The van der Waals surface area contributed by atoms with E-state index < -0.39 is 0 Å². The first-order valence-corrected chi connectivity index (χ1v) is 8.36. The summed E-state index contributed by atoms with van der Waals surface area (Å²) in [6, 6.07) is 0.673. The Bertz CT molecular complexity index is 279. The highest BCUT2D eigenvalue weighted by atomic mass is 16.2. The Kier molecular flexibility index (Phi) is 8.15. The van der Waals surface area contributed by atoms with Crippen molar-refractivity contribution < 1.29 is 4.79 Å². The van der Waals surface area contributed by atoms with Crippen LogP contribution in [-0.2, 0) is 4.79 Å². The van der Waals surface area contributed by atoms with Gasteiger partial charge >= 0.3 is 0 Å². The predicted octanol–water partition coefficient (Wildman–Crippen LogP) is 2.10. The Balaban J connectivity index is 2.18. The van der Waals surface area contributed by atoms with Crippen LogP contribution in [-0.4, -0.2) is 60.5 Å². The first-order valence-electron chi connectivity index (χ1n) is 8.36. The molecular formula is C16H33N3O. The Labute approximate surface area is 124 Å². The first kappa shape index (κ1) is 17.4. The van der Waals surface area contributed by atoms with Crippen molar-refractivity contribution in [2.24, 2.45) is 0 Å². The van der Waals surface area contributed by atoms with Gasteiger partial charge in [-0.1, -0.05) is 6.42 Å². The number of rotatable bonds is 8. The first-order chi connectivity index (χ1) is 9.60. The largest absolute Gasteiger partial charge is 0.342 e. The Morgan fingerprint density at radius 1 is 1.35 bits per heavy atom. The van der Waals surface area contributed by atoms with Gasteiger partial charge in [-0.3, -0.25) is 4.79 Å². The number of amides is 1. The second-order valence-electron chi connectivity index (χ2n) is 5.92. The SMILES string of the molecule is CCN(CC)C(=O)C(C)NCCCN1CCCCC1C. The average Bonchev–Trinajstić information content (AvgIpc) is 2.46. The van der Waals surface area contributed by atoms with Gasteiger partial charge < -0.3 is 15.1 Å². The molecule has 1 aliphatic heterocycles. The van der Waals surface area contributed by atoms with Crippen LogP contribution in [0.5, 0.6) is 0 Å². The third-order valence-corrected chi connectivity index (χ3v) is 4.46. The number of carbonyl (C=O) groups is 1. The van der Waals surface area contributed by atoms with E-state index in [0.717, 1.165) is 38.6 Å². The van der Waals surface area contributed by atoms with Gasteiger partial charge in [0.05, 0.1) is 6.04 Å². The number of hydrogen-bond donors (Lipinski definition) is 1. The molecule has 1 amide bonds. The molecule has 2 unspecified atom stereocenters. The number of likely N-dealkylation sites (N-methyl/N-ethyl adjacent to an activating group) is 1. The maximum Gasteiger partial charge on any atom is 0.239 e. The van der Waals surface area contributed by atoms with Crippen LogP contribution in [0.15, 0.2) is 0 Å².